The van der Waals surface area contributed by atoms with Crippen molar-refractivity contribution >= 4 is 34.9 Å². The lowest BCUT2D eigenvalue weighted by molar-refractivity contribution is -0.115. The van der Waals surface area contributed by atoms with E-state index in [1.54, 1.807) is 40.0 Å². The zero-order valence-corrected chi connectivity index (χ0v) is 16.8. The van der Waals surface area contributed by atoms with Crippen molar-refractivity contribution < 1.29 is 4.79 Å². The van der Waals surface area contributed by atoms with E-state index in [0.29, 0.717) is 22.4 Å². The van der Waals surface area contributed by atoms with Gasteiger partial charge in [-0.1, -0.05) is 47.5 Å². The minimum absolute atomic E-state index is 0.151. The van der Waals surface area contributed by atoms with E-state index in [0.717, 1.165) is 16.8 Å². The van der Waals surface area contributed by atoms with Gasteiger partial charge in [0.15, 0.2) is 0 Å². The highest BCUT2D eigenvalue weighted by atomic mass is 35.5. The molecule has 0 aliphatic rings. The molecular weight excluding hydrogens is 409 g/mol. The highest BCUT2D eigenvalue weighted by Crippen LogP contribution is 2.22. The molecule has 0 unspecified atom stereocenters. The van der Waals surface area contributed by atoms with E-state index in [4.69, 9.17) is 23.2 Å². The summed E-state index contributed by atoms with van der Waals surface area (Å²) in [6, 6.07) is 16.8. The van der Waals surface area contributed by atoms with Crippen molar-refractivity contribution in [3.8, 4) is 5.69 Å². The maximum absolute atomic E-state index is 12.5. The number of para-hydroxylation sites is 1. The quantitative estimate of drug-likeness (QED) is 0.490. The Balaban J connectivity index is 1.42. The van der Waals surface area contributed by atoms with Crippen molar-refractivity contribution in [2.45, 2.75) is 13.0 Å². The Kier molecular flexibility index (Phi) is 5.64. The van der Waals surface area contributed by atoms with E-state index < -0.39 is 0 Å². The van der Waals surface area contributed by atoms with Crippen LogP contribution in [0.2, 0.25) is 10.0 Å². The number of halogens is 2. The zero-order valence-electron chi connectivity index (χ0n) is 15.3. The lowest BCUT2D eigenvalue weighted by atomic mass is 10.2. The monoisotopic (exact) mass is 425 g/mol. The standard InChI is InChI=1S/C21H17Cl2N5O/c22-17-7-6-16(19(23)11-17)14-28-20(8-9-24-28)26-21(29)10-15-12-25-27(13-15)18-4-2-1-3-5-18/h1-9,11-13H,10,14H2,(H,26,29). The summed E-state index contributed by atoms with van der Waals surface area (Å²) < 4.78 is 3.43. The van der Waals surface area contributed by atoms with Gasteiger partial charge in [0.1, 0.15) is 5.82 Å². The van der Waals surface area contributed by atoms with Crippen LogP contribution in [0.4, 0.5) is 5.82 Å². The SMILES string of the molecule is O=C(Cc1cnn(-c2ccccc2)c1)Nc1ccnn1Cc1ccc(Cl)cc1Cl. The summed E-state index contributed by atoms with van der Waals surface area (Å²) in [6.07, 6.45) is 5.38. The van der Waals surface area contributed by atoms with Crippen LogP contribution in [-0.4, -0.2) is 25.5 Å². The third-order valence-electron chi connectivity index (χ3n) is 4.34. The molecule has 0 bridgehead atoms. The fourth-order valence-electron chi connectivity index (χ4n) is 2.92. The van der Waals surface area contributed by atoms with Crippen LogP contribution >= 0.6 is 23.2 Å². The van der Waals surface area contributed by atoms with Crippen molar-refractivity contribution in [2.75, 3.05) is 5.32 Å². The highest BCUT2D eigenvalue weighted by molar-refractivity contribution is 6.35. The minimum atomic E-state index is -0.151. The molecule has 0 atom stereocenters. The molecule has 0 aliphatic heterocycles. The second-order valence-electron chi connectivity index (χ2n) is 6.46. The number of carbonyl (C=O) groups excluding carboxylic acids is 1. The predicted octanol–water partition coefficient (Wildman–Crippen LogP) is 4.61. The predicted molar refractivity (Wildman–Crippen MR) is 114 cm³/mol. The molecule has 2 aromatic heterocycles. The average Bonchev–Trinajstić information content (AvgIpc) is 3.34. The van der Waals surface area contributed by atoms with Gasteiger partial charge >= 0.3 is 0 Å². The number of anilines is 1. The lowest BCUT2D eigenvalue weighted by Crippen LogP contribution is -2.18. The van der Waals surface area contributed by atoms with Crippen LogP contribution in [0.15, 0.2) is 73.2 Å². The first kappa shape index (κ1) is 19.2. The molecule has 4 aromatic rings. The summed E-state index contributed by atoms with van der Waals surface area (Å²) in [4.78, 5) is 12.5. The summed E-state index contributed by atoms with van der Waals surface area (Å²) in [5.41, 5.74) is 2.62. The molecule has 146 valence electrons. The zero-order chi connectivity index (χ0) is 20.2. The Labute approximate surface area is 177 Å². The molecule has 0 radical (unpaired) electrons. The second-order valence-corrected chi connectivity index (χ2v) is 7.31. The van der Waals surface area contributed by atoms with Crippen LogP contribution in [0.1, 0.15) is 11.1 Å². The summed E-state index contributed by atoms with van der Waals surface area (Å²) in [5.74, 6) is 0.443. The summed E-state index contributed by atoms with van der Waals surface area (Å²) in [7, 11) is 0. The molecule has 0 saturated carbocycles. The van der Waals surface area contributed by atoms with E-state index in [9.17, 15) is 4.79 Å². The van der Waals surface area contributed by atoms with Gasteiger partial charge in [-0.15, -0.1) is 0 Å². The van der Waals surface area contributed by atoms with Crippen LogP contribution in [0.25, 0.3) is 5.69 Å². The molecule has 29 heavy (non-hydrogen) atoms. The number of hydrogen-bond donors (Lipinski definition) is 1. The van der Waals surface area contributed by atoms with Gasteiger partial charge in [-0.05, 0) is 35.4 Å². The summed E-state index contributed by atoms with van der Waals surface area (Å²) in [6.45, 7) is 0.421. The Morgan fingerprint density at radius 2 is 1.86 bits per heavy atom. The molecule has 0 saturated heterocycles. The fourth-order valence-corrected chi connectivity index (χ4v) is 3.39. The van der Waals surface area contributed by atoms with Gasteiger partial charge in [0.05, 0.1) is 31.0 Å². The third kappa shape index (κ3) is 4.67. The van der Waals surface area contributed by atoms with E-state index in [-0.39, 0.29) is 12.3 Å². The van der Waals surface area contributed by atoms with Gasteiger partial charge in [-0.2, -0.15) is 10.2 Å². The van der Waals surface area contributed by atoms with Crippen molar-refractivity contribution in [3.63, 3.8) is 0 Å². The summed E-state index contributed by atoms with van der Waals surface area (Å²) >= 11 is 12.2. The first-order valence-corrected chi connectivity index (χ1v) is 9.68. The molecule has 0 fully saturated rings. The first-order chi connectivity index (χ1) is 14.1. The Hall–Kier alpha value is -3.09. The lowest BCUT2D eigenvalue weighted by Gasteiger charge is -2.10. The molecule has 1 amide bonds. The number of benzene rings is 2. The molecule has 2 heterocycles. The molecule has 2 aromatic carbocycles. The number of carbonyl (C=O) groups is 1. The fraction of sp³-hybridized carbons (Fsp3) is 0.0952. The van der Waals surface area contributed by atoms with Crippen molar-refractivity contribution in [3.05, 3.63) is 94.4 Å². The topological polar surface area (TPSA) is 64.7 Å². The van der Waals surface area contributed by atoms with Gasteiger partial charge in [0.25, 0.3) is 0 Å². The normalized spacial score (nSPS) is 10.8. The maximum Gasteiger partial charge on any atom is 0.230 e. The van der Waals surface area contributed by atoms with Crippen LogP contribution in [0.3, 0.4) is 0 Å². The molecule has 8 heteroatoms. The van der Waals surface area contributed by atoms with Crippen LogP contribution in [0, 0.1) is 0 Å². The average molecular weight is 426 g/mol. The largest absolute Gasteiger partial charge is 0.311 e. The van der Waals surface area contributed by atoms with Crippen LogP contribution in [0.5, 0.6) is 0 Å². The maximum atomic E-state index is 12.5. The molecule has 0 spiro atoms. The van der Waals surface area contributed by atoms with Gasteiger partial charge in [-0.25, -0.2) is 9.36 Å². The molecule has 6 nitrogen and oxygen atoms in total. The third-order valence-corrected chi connectivity index (χ3v) is 4.93. The van der Waals surface area contributed by atoms with Gasteiger partial charge in [0.2, 0.25) is 5.91 Å². The smallest absolute Gasteiger partial charge is 0.230 e. The number of aromatic nitrogens is 4. The number of amides is 1. The summed E-state index contributed by atoms with van der Waals surface area (Å²) in [5, 5.41) is 12.6. The van der Waals surface area contributed by atoms with Gasteiger partial charge < -0.3 is 5.32 Å². The van der Waals surface area contributed by atoms with Crippen molar-refractivity contribution in [1.29, 1.82) is 0 Å². The molecule has 4 rings (SSSR count). The van der Waals surface area contributed by atoms with Crippen molar-refractivity contribution in [1.82, 2.24) is 19.6 Å². The number of hydrogen-bond acceptors (Lipinski definition) is 3. The minimum Gasteiger partial charge on any atom is -0.311 e. The Bertz CT molecular complexity index is 1140. The van der Waals surface area contributed by atoms with E-state index >= 15 is 0 Å². The van der Waals surface area contributed by atoms with E-state index in [2.05, 4.69) is 15.5 Å². The molecule has 0 aliphatic carbocycles. The van der Waals surface area contributed by atoms with Gasteiger partial charge in [0, 0.05) is 22.3 Å². The van der Waals surface area contributed by atoms with Crippen molar-refractivity contribution in [2.24, 2.45) is 0 Å². The number of rotatable bonds is 6. The van der Waals surface area contributed by atoms with E-state index in [1.807, 2.05) is 42.6 Å². The molecule has 1 N–H and O–H groups in total. The second kappa shape index (κ2) is 8.51. The highest BCUT2D eigenvalue weighted by Gasteiger charge is 2.11. The Morgan fingerprint density at radius 3 is 2.66 bits per heavy atom. The van der Waals surface area contributed by atoms with Gasteiger partial charge in [-0.3, -0.25) is 4.79 Å². The van der Waals surface area contributed by atoms with E-state index in [1.165, 1.54) is 0 Å². The van der Waals surface area contributed by atoms with Crippen LogP contribution < -0.4 is 5.32 Å². The Morgan fingerprint density at radius 1 is 1.03 bits per heavy atom. The van der Waals surface area contributed by atoms with Crippen LogP contribution in [-0.2, 0) is 17.8 Å². The number of nitrogens with one attached hydrogen (secondary N) is 1. The number of nitrogens with zero attached hydrogens (tertiary/aromatic N) is 4. The first-order valence-electron chi connectivity index (χ1n) is 8.93. The molecular formula is C21H17Cl2N5O.